The maximum Gasteiger partial charge on any atom is 0.290 e. The highest BCUT2D eigenvalue weighted by Gasteiger charge is 2.59. The first-order valence-corrected chi connectivity index (χ1v) is 11.9. The monoisotopic (exact) mass is 449 g/mol. The molecule has 3 N–H and O–H groups in total. The van der Waals surface area contributed by atoms with Gasteiger partial charge in [-0.2, -0.15) is 5.26 Å². The zero-order valence-electron chi connectivity index (χ0n) is 18.5. The highest BCUT2D eigenvalue weighted by molar-refractivity contribution is 5.68. The van der Waals surface area contributed by atoms with Gasteiger partial charge in [0.15, 0.2) is 0 Å². The summed E-state index contributed by atoms with van der Waals surface area (Å²) < 4.78 is 32.9. The molecule has 2 heterocycles. The minimum Gasteiger partial charge on any atom is -0.490 e. The van der Waals surface area contributed by atoms with E-state index in [0.717, 1.165) is 61.8 Å². The van der Waals surface area contributed by atoms with Crippen LogP contribution in [-0.2, 0) is 15.0 Å². The van der Waals surface area contributed by atoms with E-state index in [2.05, 4.69) is 5.32 Å². The van der Waals surface area contributed by atoms with Gasteiger partial charge in [-0.1, -0.05) is 12.5 Å². The number of rotatable bonds is 3. The van der Waals surface area contributed by atoms with Gasteiger partial charge >= 0.3 is 0 Å². The first-order valence-electron chi connectivity index (χ1n) is 11.9. The maximum atomic E-state index is 14.2. The molecule has 33 heavy (non-hydrogen) atoms. The average Bonchev–Trinajstić information content (AvgIpc) is 3.14. The van der Waals surface area contributed by atoms with Gasteiger partial charge in [-0.05, 0) is 80.0 Å². The summed E-state index contributed by atoms with van der Waals surface area (Å²) in [5.41, 5.74) is 8.74. The van der Waals surface area contributed by atoms with Crippen molar-refractivity contribution in [2.75, 3.05) is 6.61 Å². The fraction of sp³-hybridized carbons (Fsp3) is 0.500. The van der Waals surface area contributed by atoms with Crippen LogP contribution < -0.4 is 15.8 Å². The van der Waals surface area contributed by atoms with E-state index in [1.165, 1.54) is 12.1 Å². The van der Waals surface area contributed by atoms with Crippen LogP contribution in [0.2, 0.25) is 0 Å². The summed E-state index contributed by atoms with van der Waals surface area (Å²) >= 11 is 0. The summed E-state index contributed by atoms with van der Waals surface area (Å²) in [6.45, 7) is 0.379. The van der Waals surface area contributed by atoms with Gasteiger partial charge < -0.3 is 14.2 Å². The Kier molecular flexibility index (Phi) is 4.96. The number of ether oxygens (including phenoxy) is 3. The smallest absolute Gasteiger partial charge is 0.290 e. The van der Waals surface area contributed by atoms with Gasteiger partial charge in [-0.25, -0.2) is 9.71 Å². The average molecular weight is 450 g/mol. The predicted octanol–water partition coefficient (Wildman–Crippen LogP) is 4.27. The molecular formula is C26H28FN3O3. The van der Waals surface area contributed by atoms with Crippen molar-refractivity contribution < 1.29 is 18.6 Å². The Bertz CT molecular complexity index is 1130. The maximum absolute atomic E-state index is 14.2. The lowest BCUT2D eigenvalue weighted by Crippen LogP contribution is -2.64. The molecule has 1 unspecified atom stereocenters. The number of hydrogen-bond donors (Lipinski definition) is 2. The molecule has 172 valence electrons. The van der Waals surface area contributed by atoms with Gasteiger partial charge in [-0.3, -0.25) is 5.73 Å². The van der Waals surface area contributed by atoms with Crippen molar-refractivity contribution in [3.8, 4) is 22.9 Å². The number of benzene rings is 2. The van der Waals surface area contributed by atoms with Crippen molar-refractivity contribution in [3.05, 3.63) is 53.3 Å². The number of nitrogens with zero attached hydrogens (tertiary/aromatic N) is 1. The van der Waals surface area contributed by atoms with Crippen molar-refractivity contribution in [2.24, 2.45) is 11.7 Å². The summed E-state index contributed by atoms with van der Waals surface area (Å²) in [6.07, 6.45) is 7.59. The van der Waals surface area contributed by atoms with Gasteiger partial charge in [0.1, 0.15) is 17.7 Å². The molecule has 1 spiro atoms. The van der Waals surface area contributed by atoms with E-state index in [-0.39, 0.29) is 18.1 Å². The van der Waals surface area contributed by atoms with Crippen LogP contribution in [0.3, 0.4) is 0 Å². The Morgan fingerprint density at radius 2 is 1.91 bits per heavy atom. The Balaban J connectivity index is 1.44. The van der Waals surface area contributed by atoms with Crippen LogP contribution in [0.5, 0.6) is 5.75 Å². The first kappa shape index (κ1) is 21.1. The highest BCUT2D eigenvalue weighted by Crippen LogP contribution is 2.52. The molecule has 2 aromatic carbocycles. The zero-order valence-corrected chi connectivity index (χ0v) is 18.5. The molecule has 4 atom stereocenters. The molecule has 0 bridgehead atoms. The second-order valence-electron chi connectivity index (χ2n) is 9.82. The van der Waals surface area contributed by atoms with Gasteiger partial charge in [-0.15, -0.1) is 0 Å². The molecule has 0 radical (unpaired) electrons. The SMILES string of the molecule is N#Cc1cc(F)cc(-c2ccc3c(c2)C2(CO[C@@](N)(OC4CCC4)N2)[C@H]2CCCC[C@@H]2O3)c1. The molecule has 4 aliphatic rings. The second kappa shape index (κ2) is 7.78. The van der Waals surface area contributed by atoms with Crippen molar-refractivity contribution in [1.82, 2.24) is 5.32 Å². The second-order valence-corrected chi connectivity index (χ2v) is 9.82. The Morgan fingerprint density at radius 1 is 1.06 bits per heavy atom. The van der Waals surface area contributed by atoms with Crippen molar-refractivity contribution in [3.63, 3.8) is 0 Å². The fourth-order valence-corrected chi connectivity index (χ4v) is 5.89. The van der Waals surface area contributed by atoms with Crippen molar-refractivity contribution in [2.45, 2.75) is 68.7 Å². The standard InChI is InChI=1S/C26H28FN3O3/c27-19-11-16(14-28)10-18(12-19)17-8-9-24-22(13-17)25(21-6-1-2-7-23(21)32-24)15-31-26(29,30-25)33-20-4-3-5-20/h8-13,20-21,23,30H,1-7,15,29H2/t21-,23-,25?,26-/m0/s1. The molecule has 7 heteroatoms. The molecule has 0 amide bonds. The fourth-order valence-electron chi connectivity index (χ4n) is 5.89. The molecule has 2 aliphatic heterocycles. The lowest BCUT2D eigenvalue weighted by atomic mass is 9.68. The van der Waals surface area contributed by atoms with Gasteiger partial charge in [0.05, 0.1) is 29.9 Å². The molecule has 2 saturated carbocycles. The number of halogens is 1. The lowest BCUT2D eigenvalue weighted by molar-refractivity contribution is -0.256. The summed E-state index contributed by atoms with van der Waals surface area (Å²) in [5, 5.41) is 12.9. The van der Waals surface area contributed by atoms with Gasteiger partial charge in [0.2, 0.25) is 0 Å². The van der Waals surface area contributed by atoms with E-state index >= 15 is 0 Å². The Hall–Kier alpha value is -2.50. The van der Waals surface area contributed by atoms with E-state index in [0.29, 0.717) is 17.7 Å². The Labute approximate surface area is 192 Å². The number of fused-ring (bicyclic) bond motifs is 4. The number of nitrogens with one attached hydrogen (secondary N) is 1. The van der Waals surface area contributed by atoms with Crippen LogP contribution in [0.15, 0.2) is 36.4 Å². The summed E-state index contributed by atoms with van der Waals surface area (Å²) in [4.78, 5) is 0. The normalized spacial score (nSPS) is 33.0. The number of nitrogens with two attached hydrogens (primary N) is 1. The largest absolute Gasteiger partial charge is 0.490 e. The van der Waals surface area contributed by atoms with E-state index in [9.17, 15) is 9.65 Å². The zero-order chi connectivity index (χ0) is 22.6. The van der Waals surface area contributed by atoms with Crippen LogP contribution in [-0.4, -0.2) is 24.8 Å². The number of nitriles is 1. The summed E-state index contributed by atoms with van der Waals surface area (Å²) in [6, 6.07) is 11.0. The van der Waals surface area contributed by atoms with E-state index < -0.39 is 17.4 Å². The highest BCUT2D eigenvalue weighted by atomic mass is 19.1. The summed E-state index contributed by atoms with van der Waals surface area (Å²) in [5.74, 6) is 0.548. The number of hydrogen-bond acceptors (Lipinski definition) is 6. The summed E-state index contributed by atoms with van der Waals surface area (Å²) in [7, 11) is 0. The minimum absolute atomic E-state index is 0.0821. The molecule has 1 saturated heterocycles. The van der Waals surface area contributed by atoms with Crippen LogP contribution in [0.1, 0.15) is 56.1 Å². The Morgan fingerprint density at radius 3 is 2.70 bits per heavy atom. The van der Waals surface area contributed by atoms with Crippen LogP contribution >= 0.6 is 0 Å². The van der Waals surface area contributed by atoms with Gasteiger partial charge in [0.25, 0.3) is 6.03 Å². The van der Waals surface area contributed by atoms with Crippen LogP contribution in [0, 0.1) is 23.1 Å². The van der Waals surface area contributed by atoms with Crippen molar-refractivity contribution in [1.29, 1.82) is 5.26 Å². The molecule has 6 nitrogen and oxygen atoms in total. The van der Waals surface area contributed by atoms with Gasteiger partial charge in [0, 0.05) is 11.5 Å². The van der Waals surface area contributed by atoms with E-state index in [4.69, 9.17) is 19.9 Å². The molecule has 3 fully saturated rings. The third kappa shape index (κ3) is 3.53. The third-order valence-corrected chi connectivity index (χ3v) is 7.74. The third-order valence-electron chi connectivity index (χ3n) is 7.74. The molecule has 6 rings (SSSR count). The lowest BCUT2D eigenvalue weighted by Gasteiger charge is -2.49. The van der Waals surface area contributed by atoms with Crippen molar-refractivity contribution >= 4 is 0 Å². The van der Waals surface area contributed by atoms with Crippen LogP contribution in [0.25, 0.3) is 11.1 Å². The van der Waals surface area contributed by atoms with E-state index in [1.807, 2.05) is 24.3 Å². The quantitative estimate of drug-likeness (QED) is 0.681. The molecule has 0 aromatic heterocycles. The van der Waals surface area contributed by atoms with Crippen LogP contribution in [0.4, 0.5) is 4.39 Å². The molecular weight excluding hydrogens is 421 g/mol. The topological polar surface area (TPSA) is 89.5 Å². The first-order chi connectivity index (χ1) is 16.0. The molecule has 2 aromatic rings. The predicted molar refractivity (Wildman–Crippen MR) is 119 cm³/mol. The molecule has 2 aliphatic carbocycles. The van der Waals surface area contributed by atoms with E-state index in [1.54, 1.807) is 6.07 Å². The minimum atomic E-state index is -1.34.